The van der Waals surface area contributed by atoms with Gasteiger partial charge in [0.05, 0.1) is 11.3 Å². The van der Waals surface area contributed by atoms with Crippen molar-refractivity contribution in [3.63, 3.8) is 0 Å². The van der Waals surface area contributed by atoms with E-state index in [0.717, 1.165) is 11.1 Å². The lowest BCUT2D eigenvalue weighted by Crippen LogP contribution is -2.41. The Labute approximate surface area is 171 Å². The fourth-order valence-electron chi connectivity index (χ4n) is 3.99. The topological polar surface area (TPSA) is 82.2 Å². The van der Waals surface area contributed by atoms with Crippen molar-refractivity contribution in [2.45, 2.75) is 39.8 Å². The van der Waals surface area contributed by atoms with Gasteiger partial charge in [-0.2, -0.15) is 5.26 Å². The van der Waals surface area contributed by atoms with Gasteiger partial charge >= 0.3 is 0 Å². The number of aryl methyl sites for hydroxylation is 2. The number of pyridine rings is 2. The van der Waals surface area contributed by atoms with Crippen LogP contribution in [0.3, 0.4) is 0 Å². The largest absolute Gasteiger partial charge is 0.334 e. The molecule has 0 spiro atoms. The standard InChI is InChI=1S/C22H27N5O2/c1-14-6-9-27(15(2)12-25(4)5)22(29)20(14)21(28)26-8-7-18-17(13-26)11-24-16(3)19(18)10-23/h6,9,11,15H,7-8,12-13H2,1-5H3. The van der Waals surface area contributed by atoms with Crippen LogP contribution in [-0.2, 0) is 13.0 Å². The Morgan fingerprint density at radius 3 is 2.76 bits per heavy atom. The number of hydrogen-bond donors (Lipinski definition) is 0. The molecule has 1 amide bonds. The fraction of sp³-hybridized carbons (Fsp3) is 0.455. The molecule has 29 heavy (non-hydrogen) atoms. The third-order valence-corrected chi connectivity index (χ3v) is 5.50. The first-order chi connectivity index (χ1) is 13.7. The Morgan fingerprint density at radius 1 is 1.38 bits per heavy atom. The number of nitrogens with zero attached hydrogens (tertiary/aromatic N) is 5. The van der Waals surface area contributed by atoms with Crippen molar-refractivity contribution in [2.75, 3.05) is 27.2 Å². The van der Waals surface area contributed by atoms with Crippen LogP contribution < -0.4 is 5.56 Å². The Hall–Kier alpha value is -2.98. The molecule has 0 radical (unpaired) electrons. The van der Waals surface area contributed by atoms with Gasteiger partial charge in [0.1, 0.15) is 11.6 Å². The highest BCUT2D eigenvalue weighted by Gasteiger charge is 2.28. The first kappa shape index (κ1) is 20.7. The van der Waals surface area contributed by atoms with Crippen molar-refractivity contribution in [3.05, 3.63) is 62.3 Å². The minimum Gasteiger partial charge on any atom is -0.334 e. The van der Waals surface area contributed by atoms with Crippen molar-refractivity contribution in [2.24, 2.45) is 0 Å². The number of hydrogen-bond acceptors (Lipinski definition) is 5. The number of amides is 1. The van der Waals surface area contributed by atoms with Crippen molar-refractivity contribution in [1.29, 1.82) is 5.26 Å². The van der Waals surface area contributed by atoms with E-state index in [-0.39, 0.29) is 23.1 Å². The number of likely N-dealkylation sites (N-methyl/N-ethyl adjacent to an activating group) is 1. The summed E-state index contributed by atoms with van der Waals surface area (Å²) in [5.41, 5.74) is 3.80. The molecule has 0 saturated heterocycles. The average molecular weight is 393 g/mol. The number of rotatable bonds is 4. The highest BCUT2D eigenvalue weighted by molar-refractivity contribution is 5.95. The van der Waals surface area contributed by atoms with Gasteiger partial charge in [0, 0.05) is 38.1 Å². The van der Waals surface area contributed by atoms with Gasteiger partial charge in [-0.25, -0.2) is 0 Å². The highest BCUT2D eigenvalue weighted by Crippen LogP contribution is 2.24. The van der Waals surface area contributed by atoms with E-state index in [9.17, 15) is 14.9 Å². The molecule has 0 fully saturated rings. The van der Waals surface area contributed by atoms with Crippen LogP contribution in [0.5, 0.6) is 0 Å². The van der Waals surface area contributed by atoms with Crippen LogP contribution in [0.1, 0.15) is 51.3 Å². The summed E-state index contributed by atoms with van der Waals surface area (Å²) in [5.74, 6) is -0.261. The molecule has 1 aliphatic rings. The smallest absolute Gasteiger partial charge is 0.263 e. The number of fused-ring (bicyclic) bond motifs is 1. The van der Waals surface area contributed by atoms with Crippen molar-refractivity contribution in [1.82, 2.24) is 19.4 Å². The Morgan fingerprint density at radius 2 is 2.10 bits per heavy atom. The summed E-state index contributed by atoms with van der Waals surface area (Å²) in [4.78, 5) is 34.4. The number of carbonyl (C=O) groups is 1. The van der Waals surface area contributed by atoms with Gasteiger partial charge in [-0.3, -0.25) is 14.6 Å². The predicted molar refractivity (Wildman–Crippen MR) is 111 cm³/mol. The zero-order chi connectivity index (χ0) is 21.3. The van der Waals surface area contributed by atoms with Crippen LogP contribution >= 0.6 is 0 Å². The minimum atomic E-state index is -0.261. The molecular formula is C22H27N5O2. The normalized spacial score (nSPS) is 14.4. The zero-order valence-corrected chi connectivity index (χ0v) is 17.7. The van der Waals surface area contributed by atoms with E-state index in [4.69, 9.17) is 0 Å². The molecule has 152 valence electrons. The molecule has 0 saturated carbocycles. The molecule has 1 unspecified atom stereocenters. The maximum Gasteiger partial charge on any atom is 0.263 e. The molecule has 1 atom stereocenters. The summed E-state index contributed by atoms with van der Waals surface area (Å²) in [6, 6.07) is 4.02. The van der Waals surface area contributed by atoms with Crippen molar-refractivity contribution in [3.8, 4) is 6.07 Å². The molecule has 7 heteroatoms. The van der Waals surface area contributed by atoms with E-state index < -0.39 is 0 Å². The summed E-state index contributed by atoms with van der Waals surface area (Å²) >= 11 is 0. The second kappa shape index (κ2) is 8.18. The molecule has 0 aliphatic carbocycles. The predicted octanol–water partition coefficient (Wildman–Crippen LogP) is 2.05. The van der Waals surface area contributed by atoms with Gasteiger partial charge in [0.25, 0.3) is 11.5 Å². The summed E-state index contributed by atoms with van der Waals surface area (Å²) in [6.07, 6.45) is 4.09. The third kappa shape index (κ3) is 3.94. The lowest BCUT2D eigenvalue weighted by molar-refractivity contribution is 0.0730. The zero-order valence-electron chi connectivity index (χ0n) is 17.7. The molecular weight excluding hydrogens is 366 g/mol. The maximum atomic E-state index is 13.3. The van der Waals surface area contributed by atoms with Crippen LogP contribution in [-0.4, -0.2) is 52.4 Å². The lowest BCUT2D eigenvalue weighted by atomic mass is 9.95. The molecule has 2 aromatic heterocycles. The first-order valence-corrected chi connectivity index (χ1v) is 9.77. The number of carbonyl (C=O) groups excluding carboxylic acids is 1. The van der Waals surface area contributed by atoms with Crippen LogP contribution in [0, 0.1) is 25.2 Å². The third-order valence-electron chi connectivity index (χ3n) is 5.50. The van der Waals surface area contributed by atoms with Crippen LogP contribution in [0.15, 0.2) is 23.3 Å². The molecule has 1 aliphatic heterocycles. The summed E-state index contributed by atoms with van der Waals surface area (Å²) < 4.78 is 1.64. The molecule has 3 rings (SSSR count). The van der Waals surface area contributed by atoms with E-state index in [1.165, 1.54) is 0 Å². The van der Waals surface area contributed by atoms with Gasteiger partial charge in [-0.15, -0.1) is 0 Å². The fourth-order valence-corrected chi connectivity index (χ4v) is 3.99. The second-order valence-corrected chi connectivity index (χ2v) is 8.01. The molecule has 0 aromatic carbocycles. The van der Waals surface area contributed by atoms with E-state index in [0.29, 0.717) is 42.9 Å². The van der Waals surface area contributed by atoms with Crippen molar-refractivity contribution < 1.29 is 4.79 Å². The van der Waals surface area contributed by atoms with E-state index in [1.807, 2.05) is 38.9 Å². The highest BCUT2D eigenvalue weighted by atomic mass is 16.2. The molecule has 2 aromatic rings. The number of nitriles is 1. The van der Waals surface area contributed by atoms with Gasteiger partial charge in [-0.05, 0) is 64.0 Å². The van der Waals surface area contributed by atoms with E-state index in [2.05, 4.69) is 11.1 Å². The summed E-state index contributed by atoms with van der Waals surface area (Å²) in [5, 5.41) is 9.43. The second-order valence-electron chi connectivity index (χ2n) is 8.01. The molecule has 0 bridgehead atoms. The molecule has 3 heterocycles. The quantitative estimate of drug-likeness (QED) is 0.794. The maximum absolute atomic E-state index is 13.3. The van der Waals surface area contributed by atoms with Gasteiger partial charge in [0.2, 0.25) is 0 Å². The monoisotopic (exact) mass is 393 g/mol. The Bertz CT molecular complexity index is 1050. The summed E-state index contributed by atoms with van der Waals surface area (Å²) in [7, 11) is 3.91. The molecule has 7 nitrogen and oxygen atoms in total. The Balaban J connectivity index is 1.94. The SMILES string of the molecule is Cc1ccn(C(C)CN(C)C)c(=O)c1C(=O)N1CCc2c(cnc(C)c2C#N)C1. The van der Waals surface area contributed by atoms with Crippen LogP contribution in [0.4, 0.5) is 0 Å². The minimum absolute atomic E-state index is 0.0444. The van der Waals surface area contributed by atoms with E-state index >= 15 is 0 Å². The van der Waals surface area contributed by atoms with E-state index in [1.54, 1.807) is 28.8 Å². The first-order valence-electron chi connectivity index (χ1n) is 9.77. The van der Waals surface area contributed by atoms with Crippen LogP contribution in [0.2, 0.25) is 0 Å². The van der Waals surface area contributed by atoms with Crippen molar-refractivity contribution >= 4 is 5.91 Å². The molecule has 0 N–H and O–H groups in total. The van der Waals surface area contributed by atoms with Crippen LogP contribution in [0.25, 0.3) is 0 Å². The van der Waals surface area contributed by atoms with Gasteiger partial charge < -0.3 is 14.4 Å². The van der Waals surface area contributed by atoms with Gasteiger partial charge in [-0.1, -0.05) is 0 Å². The van der Waals surface area contributed by atoms with Gasteiger partial charge in [0.15, 0.2) is 0 Å². The Kier molecular flexibility index (Phi) is 5.85. The average Bonchev–Trinajstić information content (AvgIpc) is 2.66. The summed E-state index contributed by atoms with van der Waals surface area (Å²) in [6.45, 7) is 7.13. The number of aromatic nitrogens is 2. The lowest BCUT2D eigenvalue weighted by Gasteiger charge is -2.30.